The van der Waals surface area contributed by atoms with E-state index in [1.807, 2.05) is 0 Å². The van der Waals surface area contributed by atoms with Crippen molar-refractivity contribution in [3.05, 3.63) is 33.8 Å². The SMILES string of the molecule is Cc1ccc(CN(CCO)C2CC2)cc1Br. The molecule has 0 heterocycles. The van der Waals surface area contributed by atoms with Gasteiger partial charge >= 0.3 is 0 Å². The van der Waals surface area contributed by atoms with E-state index >= 15 is 0 Å². The van der Waals surface area contributed by atoms with Crippen LogP contribution >= 0.6 is 15.9 Å². The maximum atomic E-state index is 9.04. The number of aliphatic hydroxyl groups excluding tert-OH is 1. The lowest BCUT2D eigenvalue weighted by Gasteiger charge is -2.21. The average Bonchev–Trinajstić information content (AvgIpc) is 3.06. The molecule has 1 fully saturated rings. The zero-order valence-corrected chi connectivity index (χ0v) is 11.2. The summed E-state index contributed by atoms with van der Waals surface area (Å²) in [5.74, 6) is 0. The molecule has 1 aromatic carbocycles. The predicted octanol–water partition coefficient (Wildman–Crippen LogP) is 2.71. The van der Waals surface area contributed by atoms with Crippen LogP contribution in [0.25, 0.3) is 0 Å². The van der Waals surface area contributed by atoms with Crippen LogP contribution < -0.4 is 0 Å². The van der Waals surface area contributed by atoms with Gasteiger partial charge in [0, 0.05) is 23.6 Å². The fourth-order valence-electron chi connectivity index (χ4n) is 1.93. The molecule has 1 N–H and O–H groups in total. The Balaban J connectivity index is 2.03. The highest BCUT2D eigenvalue weighted by Crippen LogP contribution is 2.28. The largest absolute Gasteiger partial charge is 0.395 e. The lowest BCUT2D eigenvalue weighted by molar-refractivity contribution is 0.183. The topological polar surface area (TPSA) is 23.5 Å². The molecule has 0 amide bonds. The van der Waals surface area contributed by atoms with E-state index in [2.05, 4.69) is 46.0 Å². The van der Waals surface area contributed by atoms with Crippen molar-refractivity contribution in [3.8, 4) is 0 Å². The summed E-state index contributed by atoms with van der Waals surface area (Å²) in [6.07, 6.45) is 2.57. The summed E-state index contributed by atoms with van der Waals surface area (Å²) in [6, 6.07) is 7.20. The quantitative estimate of drug-likeness (QED) is 0.898. The normalized spacial score (nSPS) is 15.8. The van der Waals surface area contributed by atoms with Crippen LogP contribution in [0.15, 0.2) is 22.7 Å². The van der Waals surface area contributed by atoms with Crippen LogP contribution in [0.3, 0.4) is 0 Å². The van der Waals surface area contributed by atoms with Gasteiger partial charge in [0.15, 0.2) is 0 Å². The van der Waals surface area contributed by atoms with Gasteiger partial charge in [-0.25, -0.2) is 0 Å². The molecule has 0 unspecified atom stereocenters. The maximum absolute atomic E-state index is 9.04. The Morgan fingerprint density at radius 1 is 1.44 bits per heavy atom. The van der Waals surface area contributed by atoms with Crippen molar-refractivity contribution in [2.24, 2.45) is 0 Å². The van der Waals surface area contributed by atoms with Gasteiger partial charge in [-0.1, -0.05) is 28.1 Å². The number of nitrogens with zero attached hydrogens (tertiary/aromatic N) is 1. The molecule has 0 aliphatic heterocycles. The van der Waals surface area contributed by atoms with Crippen LogP contribution in [0.4, 0.5) is 0 Å². The molecule has 0 saturated heterocycles. The van der Waals surface area contributed by atoms with E-state index in [1.54, 1.807) is 0 Å². The van der Waals surface area contributed by atoms with Gasteiger partial charge in [-0.3, -0.25) is 4.90 Å². The summed E-state index contributed by atoms with van der Waals surface area (Å²) in [6.45, 7) is 4.09. The number of benzene rings is 1. The fraction of sp³-hybridized carbons (Fsp3) is 0.538. The number of hydrogen-bond acceptors (Lipinski definition) is 2. The fourth-order valence-corrected chi connectivity index (χ4v) is 2.35. The van der Waals surface area contributed by atoms with E-state index in [0.717, 1.165) is 13.1 Å². The Kier molecular flexibility index (Phi) is 4.00. The zero-order chi connectivity index (χ0) is 11.5. The highest BCUT2D eigenvalue weighted by atomic mass is 79.9. The van der Waals surface area contributed by atoms with E-state index in [0.29, 0.717) is 6.04 Å². The van der Waals surface area contributed by atoms with Crippen molar-refractivity contribution < 1.29 is 5.11 Å². The third-order valence-electron chi connectivity index (χ3n) is 3.07. The monoisotopic (exact) mass is 283 g/mol. The van der Waals surface area contributed by atoms with E-state index in [1.165, 1.54) is 28.4 Å². The molecule has 2 rings (SSSR count). The Hall–Kier alpha value is -0.380. The van der Waals surface area contributed by atoms with Gasteiger partial charge in [0.2, 0.25) is 0 Å². The van der Waals surface area contributed by atoms with Gasteiger partial charge < -0.3 is 5.11 Å². The minimum Gasteiger partial charge on any atom is -0.395 e. The first-order valence-corrected chi connectivity index (χ1v) is 6.60. The molecular weight excluding hydrogens is 266 g/mol. The number of hydrogen-bond donors (Lipinski definition) is 1. The van der Waals surface area contributed by atoms with Crippen molar-refractivity contribution >= 4 is 15.9 Å². The average molecular weight is 284 g/mol. The van der Waals surface area contributed by atoms with E-state index in [4.69, 9.17) is 5.11 Å². The van der Waals surface area contributed by atoms with E-state index in [9.17, 15) is 0 Å². The second kappa shape index (κ2) is 5.30. The second-order valence-electron chi connectivity index (χ2n) is 4.51. The molecule has 1 aliphatic carbocycles. The van der Waals surface area contributed by atoms with Gasteiger partial charge in [-0.05, 0) is 37.0 Å². The van der Waals surface area contributed by atoms with Crippen molar-refractivity contribution in [1.29, 1.82) is 0 Å². The molecule has 0 atom stereocenters. The first kappa shape index (κ1) is 12.1. The molecule has 1 aliphatic rings. The molecular formula is C13H18BrNO. The lowest BCUT2D eigenvalue weighted by atomic mass is 10.1. The first-order valence-electron chi connectivity index (χ1n) is 5.80. The Morgan fingerprint density at radius 3 is 2.75 bits per heavy atom. The minimum atomic E-state index is 0.254. The standard InChI is InChI=1S/C13H18BrNO/c1-10-2-3-11(8-13(10)14)9-15(6-7-16)12-4-5-12/h2-3,8,12,16H,4-7,9H2,1H3. The highest BCUT2D eigenvalue weighted by molar-refractivity contribution is 9.10. The summed E-state index contributed by atoms with van der Waals surface area (Å²) in [5.41, 5.74) is 2.58. The number of aliphatic hydroxyl groups is 1. The zero-order valence-electron chi connectivity index (χ0n) is 9.62. The molecule has 0 bridgehead atoms. The molecule has 16 heavy (non-hydrogen) atoms. The van der Waals surface area contributed by atoms with Gasteiger partial charge in [0.25, 0.3) is 0 Å². The van der Waals surface area contributed by atoms with Crippen molar-refractivity contribution in [2.75, 3.05) is 13.2 Å². The molecule has 1 aromatic rings. The van der Waals surface area contributed by atoms with Gasteiger partial charge in [0.1, 0.15) is 0 Å². The predicted molar refractivity (Wildman–Crippen MR) is 69.4 cm³/mol. The third-order valence-corrected chi connectivity index (χ3v) is 3.93. The number of aryl methyl sites for hydroxylation is 1. The molecule has 0 spiro atoms. The Morgan fingerprint density at radius 2 is 2.19 bits per heavy atom. The van der Waals surface area contributed by atoms with Crippen LogP contribution in [0.5, 0.6) is 0 Å². The molecule has 88 valence electrons. The summed E-state index contributed by atoms with van der Waals surface area (Å²) < 4.78 is 1.17. The van der Waals surface area contributed by atoms with Crippen molar-refractivity contribution in [2.45, 2.75) is 32.4 Å². The number of halogens is 1. The molecule has 0 aromatic heterocycles. The van der Waals surface area contributed by atoms with Gasteiger partial charge in [0.05, 0.1) is 6.61 Å². The minimum absolute atomic E-state index is 0.254. The highest BCUT2D eigenvalue weighted by Gasteiger charge is 2.28. The van der Waals surface area contributed by atoms with Crippen LogP contribution in [0.1, 0.15) is 24.0 Å². The van der Waals surface area contributed by atoms with Crippen LogP contribution in [0.2, 0.25) is 0 Å². The summed E-state index contributed by atoms with van der Waals surface area (Å²) in [7, 11) is 0. The van der Waals surface area contributed by atoms with Gasteiger partial charge in [-0.15, -0.1) is 0 Å². The molecule has 1 saturated carbocycles. The molecule has 3 heteroatoms. The Labute approximate surface area is 105 Å². The maximum Gasteiger partial charge on any atom is 0.0558 e. The molecule has 2 nitrogen and oxygen atoms in total. The third kappa shape index (κ3) is 3.06. The van der Waals surface area contributed by atoms with Gasteiger partial charge in [-0.2, -0.15) is 0 Å². The summed E-state index contributed by atoms with van der Waals surface area (Å²) >= 11 is 3.56. The lowest BCUT2D eigenvalue weighted by Crippen LogP contribution is -2.28. The number of rotatable bonds is 5. The second-order valence-corrected chi connectivity index (χ2v) is 5.36. The first-order chi connectivity index (χ1) is 7.70. The van der Waals surface area contributed by atoms with E-state index < -0.39 is 0 Å². The smallest absolute Gasteiger partial charge is 0.0558 e. The summed E-state index contributed by atoms with van der Waals surface area (Å²) in [4.78, 5) is 2.37. The van der Waals surface area contributed by atoms with Crippen LogP contribution in [-0.4, -0.2) is 29.2 Å². The van der Waals surface area contributed by atoms with Crippen LogP contribution in [0, 0.1) is 6.92 Å². The van der Waals surface area contributed by atoms with Crippen LogP contribution in [-0.2, 0) is 6.54 Å². The molecule has 0 radical (unpaired) electrons. The van der Waals surface area contributed by atoms with Crippen molar-refractivity contribution in [3.63, 3.8) is 0 Å². The van der Waals surface area contributed by atoms with Crippen molar-refractivity contribution in [1.82, 2.24) is 4.90 Å². The summed E-state index contributed by atoms with van der Waals surface area (Å²) in [5, 5.41) is 9.04. The van der Waals surface area contributed by atoms with E-state index in [-0.39, 0.29) is 6.61 Å². The Bertz CT molecular complexity index is 363.